The fraction of sp³-hybridized carbons (Fsp3) is 0.455. The van der Waals surface area contributed by atoms with Crippen LogP contribution in [0.1, 0.15) is 39.0 Å². The monoisotopic (exact) mass is 490 g/mol. The standard InChI is InChI=1S/C22H29BrN3O3Si/c1-22(2,3)21(29-30(4)5)17-8-6-9-20(25-17)26-18-12-15(23)13-19(16(18)14-24-26)28-11-7-10-27/h6,8-9,12-14,21,27H,7,10-11H2,1-5H3. The minimum atomic E-state index is -0.888. The van der Waals surface area contributed by atoms with Gasteiger partial charge in [-0.25, -0.2) is 9.67 Å². The van der Waals surface area contributed by atoms with Gasteiger partial charge in [0.2, 0.25) is 9.04 Å². The van der Waals surface area contributed by atoms with Crippen molar-refractivity contribution in [3.63, 3.8) is 0 Å². The molecule has 2 heterocycles. The molecule has 1 aromatic carbocycles. The Labute approximate surface area is 188 Å². The van der Waals surface area contributed by atoms with Crippen LogP contribution in [0.15, 0.2) is 41.0 Å². The molecule has 30 heavy (non-hydrogen) atoms. The number of aliphatic hydroxyl groups is 1. The Morgan fingerprint density at radius 1 is 1.23 bits per heavy atom. The van der Waals surface area contributed by atoms with Crippen LogP contribution in [0.2, 0.25) is 13.1 Å². The maximum absolute atomic E-state index is 9.02. The third-order valence-electron chi connectivity index (χ3n) is 4.56. The van der Waals surface area contributed by atoms with E-state index in [1.807, 2.05) is 35.0 Å². The van der Waals surface area contributed by atoms with E-state index in [1.54, 1.807) is 6.20 Å². The largest absolute Gasteiger partial charge is 0.493 e. The lowest BCUT2D eigenvalue weighted by atomic mass is 9.87. The predicted molar refractivity (Wildman–Crippen MR) is 125 cm³/mol. The van der Waals surface area contributed by atoms with Gasteiger partial charge in [0.05, 0.1) is 35.5 Å². The smallest absolute Gasteiger partial charge is 0.205 e. The number of nitrogens with zero attached hydrogens (tertiary/aromatic N) is 3. The molecule has 0 aliphatic heterocycles. The summed E-state index contributed by atoms with van der Waals surface area (Å²) in [5, 5.41) is 14.5. The van der Waals surface area contributed by atoms with E-state index < -0.39 is 9.04 Å². The van der Waals surface area contributed by atoms with Gasteiger partial charge in [-0.3, -0.25) is 0 Å². The Morgan fingerprint density at radius 2 is 2.00 bits per heavy atom. The minimum absolute atomic E-state index is 0.0729. The van der Waals surface area contributed by atoms with Crippen LogP contribution < -0.4 is 4.74 Å². The van der Waals surface area contributed by atoms with E-state index in [4.69, 9.17) is 19.3 Å². The molecule has 0 fully saturated rings. The molecule has 1 unspecified atom stereocenters. The second kappa shape index (κ2) is 9.59. The Morgan fingerprint density at radius 3 is 2.67 bits per heavy atom. The average molecular weight is 491 g/mol. The fourth-order valence-corrected chi connectivity index (χ4v) is 4.60. The molecule has 0 aliphatic rings. The quantitative estimate of drug-likeness (QED) is 0.342. The van der Waals surface area contributed by atoms with Crippen LogP contribution in [-0.4, -0.2) is 42.1 Å². The van der Waals surface area contributed by atoms with Gasteiger partial charge in [-0.2, -0.15) is 5.10 Å². The number of ether oxygens (including phenoxy) is 1. The van der Waals surface area contributed by atoms with Crippen molar-refractivity contribution >= 4 is 35.9 Å². The molecule has 3 aromatic rings. The van der Waals surface area contributed by atoms with Crippen LogP contribution in [0.3, 0.4) is 0 Å². The lowest BCUT2D eigenvalue weighted by Gasteiger charge is -2.32. The summed E-state index contributed by atoms with van der Waals surface area (Å²) in [5.74, 6) is 1.47. The van der Waals surface area contributed by atoms with Gasteiger partial charge < -0.3 is 14.3 Å². The van der Waals surface area contributed by atoms with E-state index in [0.717, 1.165) is 32.6 Å². The first kappa shape index (κ1) is 22.9. The van der Waals surface area contributed by atoms with Crippen LogP contribution in [0, 0.1) is 5.41 Å². The first-order chi connectivity index (χ1) is 14.2. The van der Waals surface area contributed by atoms with E-state index in [2.05, 4.69) is 54.9 Å². The molecule has 1 N–H and O–H groups in total. The number of pyridine rings is 1. The first-order valence-corrected chi connectivity index (χ1v) is 13.3. The Kier molecular flexibility index (Phi) is 7.33. The predicted octanol–water partition coefficient (Wildman–Crippen LogP) is 5.30. The van der Waals surface area contributed by atoms with Crippen molar-refractivity contribution in [2.24, 2.45) is 5.41 Å². The fourth-order valence-electron chi connectivity index (χ4n) is 3.23. The molecule has 0 saturated carbocycles. The zero-order valence-corrected chi connectivity index (χ0v) is 20.7. The van der Waals surface area contributed by atoms with Gasteiger partial charge in [-0.1, -0.05) is 42.8 Å². The second-order valence-electron chi connectivity index (χ2n) is 8.51. The van der Waals surface area contributed by atoms with Crippen LogP contribution in [0.4, 0.5) is 0 Å². The summed E-state index contributed by atoms with van der Waals surface area (Å²) in [6, 6.07) is 9.90. The van der Waals surface area contributed by atoms with Gasteiger partial charge >= 0.3 is 0 Å². The third-order valence-corrected chi connectivity index (χ3v) is 5.72. The number of aliphatic hydroxyl groups excluding tert-OH is 1. The highest BCUT2D eigenvalue weighted by Gasteiger charge is 2.29. The van der Waals surface area contributed by atoms with Crippen molar-refractivity contribution in [1.29, 1.82) is 0 Å². The molecule has 0 saturated heterocycles. The number of hydrogen-bond donors (Lipinski definition) is 1. The van der Waals surface area contributed by atoms with E-state index in [-0.39, 0.29) is 18.1 Å². The van der Waals surface area contributed by atoms with Gasteiger partial charge in [-0.05, 0) is 42.8 Å². The molecule has 2 aromatic heterocycles. The zero-order chi connectivity index (χ0) is 21.9. The van der Waals surface area contributed by atoms with Crippen molar-refractivity contribution in [1.82, 2.24) is 14.8 Å². The summed E-state index contributed by atoms with van der Waals surface area (Å²) in [6.07, 6.45) is 2.28. The normalized spacial score (nSPS) is 13.2. The lowest BCUT2D eigenvalue weighted by Crippen LogP contribution is -2.27. The Balaban J connectivity index is 2.03. The minimum Gasteiger partial charge on any atom is -0.493 e. The van der Waals surface area contributed by atoms with Crippen LogP contribution in [0.25, 0.3) is 16.7 Å². The number of halogens is 1. The molecule has 161 valence electrons. The number of fused-ring (bicyclic) bond motifs is 1. The SMILES string of the molecule is C[Si](C)OC(c1cccc(-n2ncc3c(OCCCO)cc(Br)cc32)n1)C(C)(C)C. The highest BCUT2D eigenvalue weighted by molar-refractivity contribution is 9.10. The zero-order valence-electron chi connectivity index (χ0n) is 18.1. The van der Waals surface area contributed by atoms with Crippen molar-refractivity contribution in [2.45, 2.75) is 46.4 Å². The number of benzene rings is 1. The van der Waals surface area contributed by atoms with Crippen molar-refractivity contribution in [3.05, 3.63) is 46.7 Å². The summed E-state index contributed by atoms with van der Waals surface area (Å²) in [7, 11) is -0.888. The second-order valence-corrected chi connectivity index (χ2v) is 11.5. The lowest BCUT2D eigenvalue weighted by molar-refractivity contribution is 0.0827. The molecule has 0 aliphatic carbocycles. The van der Waals surface area contributed by atoms with Crippen molar-refractivity contribution in [2.75, 3.05) is 13.2 Å². The molecule has 1 radical (unpaired) electrons. The first-order valence-electron chi connectivity index (χ1n) is 10.1. The number of aromatic nitrogens is 3. The maximum Gasteiger partial charge on any atom is 0.205 e. The molecular weight excluding hydrogens is 462 g/mol. The summed E-state index contributed by atoms with van der Waals surface area (Å²) in [6.45, 7) is 11.4. The van der Waals surface area contributed by atoms with E-state index in [9.17, 15) is 0 Å². The summed E-state index contributed by atoms with van der Waals surface area (Å²) >= 11 is 3.57. The number of rotatable bonds is 8. The molecule has 3 rings (SSSR count). The molecule has 0 bridgehead atoms. The molecular formula is C22H29BrN3O3Si. The van der Waals surface area contributed by atoms with E-state index >= 15 is 0 Å². The highest BCUT2D eigenvalue weighted by Crippen LogP contribution is 2.36. The number of hydrogen-bond acceptors (Lipinski definition) is 5. The van der Waals surface area contributed by atoms with E-state index in [0.29, 0.717) is 13.0 Å². The van der Waals surface area contributed by atoms with Gasteiger partial charge in [-0.15, -0.1) is 0 Å². The Bertz CT molecular complexity index is 1000. The average Bonchev–Trinajstić information content (AvgIpc) is 3.09. The summed E-state index contributed by atoms with van der Waals surface area (Å²) in [5.41, 5.74) is 1.73. The molecule has 8 heteroatoms. The van der Waals surface area contributed by atoms with Crippen LogP contribution in [-0.2, 0) is 4.43 Å². The van der Waals surface area contributed by atoms with E-state index in [1.165, 1.54) is 0 Å². The molecule has 0 amide bonds. The summed E-state index contributed by atoms with van der Waals surface area (Å²) < 4.78 is 14.9. The highest BCUT2D eigenvalue weighted by atomic mass is 79.9. The molecule has 1 atom stereocenters. The van der Waals surface area contributed by atoms with Gasteiger partial charge in [0.15, 0.2) is 5.82 Å². The van der Waals surface area contributed by atoms with Crippen LogP contribution in [0.5, 0.6) is 5.75 Å². The maximum atomic E-state index is 9.02. The third kappa shape index (κ3) is 5.29. The Hall–Kier alpha value is -1.74. The van der Waals surface area contributed by atoms with Crippen molar-refractivity contribution in [3.8, 4) is 11.6 Å². The van der Waals surface area contributed by atoms with Gasteiger partial charge in [0.1, 0.15) is 5.75 Å². The summed E-state index contributed by atoms with van der Waals surface area (Å²) in [4.78, 5) is 4.92. The van der Waals surface area contributed by atoms with Gasteiger partial charge in [0.25, 0.3) is 0 Å². The topological polar surface area (TPSA) is 69.4 Å². The van der Waals surface area contributed by atoms with Crippen LogP contribution >= 0.6 is 15.9 Å². The van der Waals surface area contributed by atoms with Crippen molar-refractivity contribution < 1.29 is 14.3 Å². The molecule has 6 nitrogen and oxygen atoms in total. The van der Waals surface area contributed by atoms with Gasteiger partial charge in [0, 0.05) is 17.5 Å². The molecule has 0 spiro atoms.